The Morgan fingerprint density at radius 3 is 2.84 bits per heavy atom. The molecule has 0 atom stereocenters. The van der Waals surface area contributed by atoms with E-state index in [1.807, 2.05) is 30.3 Å². The lowest BCUT2D eigenvalue weighted by Crippen LogP contribution is -1.90. The van der Waals surface area contributed by atoms with Gasteiger partial charge in [0.05, 0.1) is 17.3 Å². The molecule has 1 aromatic carbocycles. The smallest absolute Gasteiger partial charge is 0.121 e. The predicted octanol–water partition coefficient (Wildman–Crippen LogP) is 3.05. The van der Waals surface area contributed by atoms with Crippen LogP contribution in [0.25, 0.3) is 10.9 Å². The SMILES string of the molecule is N#Cc1cc2ccccc2nc1Sc1cnccn1. The van der Waals surface area contributed by atoms with Gasteiger partial charge in [-0.25, -0.2) is 9.97 Å². The van der Waals surface area contributed by atoms with E-state index < -0.39 is 0 Å². The molecule has 0 fully saturated rings. The summed E-state index contributed by atoms with van der Waals surface area (Å²) >= 11 is 1.35. The fourth-order valence-corrected chi connectivity index (χ4v) is 2.48. The number of benzene rings is 1. The van der Waals surface area contributed by atoms with Crippen LogP contribution >= 0.6 is 11.8 Å². The van der Waals surface area contributed by atoms with Gasteiger partial charge in [-0.3, -0.25) is 4.98 Å². The average Bonchev–Trinajstić information content (AvgIpc) is 2.47. The Balaban J connectivity index is 2.10. The van der Waals surface area contributed by atoms with Crippen molar-refractivity contribution in [2.24, 2.45) is 0 Å². The number of rotatable bonds is 2. The number of pyridine rings is 1. The molecule has 0 N–H and O–H groups in total. The molecule has 4 nitrogen and oxygen atoms in total. The van der Waals surface area contributed by atoms with Gasteiger partial charge in [-0.2, -0.15) is 5.26 Å². The Labute approximate surface area is 114 Å². The van der Waals surface area contributed by atoms with Crippen LogP contribution in [0.3, 0.4) is 0 Å². The number of nitriles is 1. The molecule has 5 heteroatoms. The summed E-state index contributed by atoms with van der Waals surface area (Å²) < 4.78 is 0. The van der Waals surface area contributed by atoms with E-state index in [2.05, 4.69) is 21.0 Å². The van der Waals surface area contributed by atoms with Crippen LogP contribution in [0.5, 0.6) is 0 Å². The van der Waals surface area contributed by atoms with Gasteiger partial charge in [0.1, 0.15) is 16.1 Å². The molecule has 2 heterocycles. The van der Waals surface area contributed by atoms with E-state index in [4.69, 9.17) is 0 Å². The standard InChI is InChI=1S/C14H8N4S/c15-8-11-7-10-3-1-2-4-12(10)18-14(11)19-13-9-16-5-6-17-13/h1-7,9H. The topological polar surface area (TPSA) is 62.5 Å². The van der Waals surface area contributed by atoms with Crippen LogP contribution in [0.15, 0.2) is 59.0 Å². The highest BCUT2D eigenvalue weighted by Gasteiger charge is 2.09. The molecule has 0 spiro atoms. The summed E-state index contributed by atoms with van der Waals surface area (Å²) in [7, 11) is 0. The van der Waals surface area contributed by atoms with Crippen molar-refractivity contribution < 1.29 is 0 Å². The monoisotopic (exact) mass is 264 g/mol. The minimum Gasteiger partial charge on any atom is -0.260 e. The van der Waals surface area contributed by atoms with E-state index in [-0.39, 0.29) is 0 Å². The van der Waals surface area contributed by atoms with E-state index in [0.29, 0.717) is 10.6 Å². The third-order valence-corrected chi connectivity index (χ3v) is 3.47. The van der Waals surface area contributed by atoms with Crippen LogP contribution in [0.2, 0.25) is 0 Å². The van der Waals surface area contributed by atoms with Gasteiger partial charge < -0.3 is 0 Å². The number of aromatic nitrogens is 3. The zero-order valence-corrected chi connectivity index (χ0v) is 10.6. The summed E-state index contributed by atoms with van der Waals surface area (Å²) in [6.07, 6.45) is 4.89. The lowest BCUT2D eigenvalue weighted by molar-refractivity contribution is 1.04. The number of para-hydroxylation sites is 1. The molecule has 0 aliphatic rings. The summed E-state index contributed by atoms with van der Waals surface area (Å²) in [5, 5.41) is 11.6. The molecule has 0 aliphatic heterocycles. The Bertz CT molecular complexity index is 765. The minimum absolute atomic E-state index is 0.550. The quantitative estimate of drug-likeness (QED) is 0.711. The first-order chi connectivity index (χ1) is 9.36. The van der Waals surface area contributed by atoms with E-state index in [1.165, 1.54) is 11.8 Å². The third-order valence-electron chi connectivity index (χ3n) is 2.55. The highest BCUT2D eigenvalue weighted by atomic mass is 32.2. The molecule has 3 aromatic rings. The number of hydrogen-bond donors (Lipinski definition) is 0. The predicted molar refractivity (Wildman–Crippen MR) is 72.6 cm³/mol. The van der Waals surface area contributed by atoms with Crippen molar-refractivity contribution >= 4 is 22.7 Å². The summed E-state index contributed by atoms with van der Waals surface area (Å²) in [6, 6.07) is 11.8. The molecule has 0 aliphatic carbocycles. The van der Waals surface area contributed by atoms with Gasteiger partial charge >= 0.3 is 0 Å². The minimum atomic E-state index is 0.550. The third kappa shape index (κ3) is 2.39. The molecular formula is C14H8N4S. The van der Waals surface area contributed by atoms with Gasteiger partial charge in [0.25, 0.3) is 0 Å². The Hall–Kier alpha value is -2.45. The second kappa shape index (κ2) is 5.04. The molecule has 0 bridgehead atoms. The van der Waals surface area contributed by atoms with Crippen LogP contribution in [-0.4, -0.2) is 15.0 Å². The number of hydrogen-bond acceptors (Lipinski definition) is 5. The molecule has 90 valence electrons. The second-order valence-corrected chi connectivity index (χ2v) is 4.80. The molecular weight excluding hydrogens is 256 g/mol. The van der Waals surface area contributed by atoms with Gasteiger partial charge in [0.2, 0.25) is 0 Å². The molecule has 0 saturated heterocycles. The van der Waals surface area contributed by atoms with Crippen molar-refractivity contribution in [1.29, 1.82) is 5.26 Å². The fourth-order valence-electron chi connectivity index (χ4n) is 1.69. The lowest BCUT2D eigenvalue weighted by atomic mass is 10.2. The van der Waals surface area contributed by atoms with E-state index in [9.17, 15) is 5.26 Å². The van der Waals surface area contributed by atoms with E-state index in [1.54, 1.807) is 18.6 Å². The maximum absolute atomic E-state index is 9.22. The Morgan fingerprint density at radius 2 is 2.05 bits per heavy atom. The summed E-state index contributed by atoms with van der Waals surface area (Å²) in [5.41, 5.74) is 1.42. The highest BCUT2D eigenvalue weighted by molar-refractivity contribution is 7.99. The average molecular weight is 264 g/mol. The Kier molecular flexibility index (Phi) is 3.09. The summed E-state index contributed by atoms with van der Waals surface area (Å²) in [6.45, 7) is 0. The van der Waals surface area contributed by atoms with Crippen molar-refractivity contribution in [3.63, 3.8) is 0 Å². The first-order valence-electron chi connectivity index (χ1n) is 5.60. The van der Waals surface area contributed by atoms with Gasteiger partial charge in [-0.1, -0.05) is 18.2 Å². The molecule has 3 rings (SSSR count). The van der Waals surface area contributed by atoms with Gasteiger partial charge in [0.15, 0.2) is 0 Å². The van der Waals surface area contributed by atoms with Crippen molar-refractivity contribution in [2.75, 3.05) is 0 Å². The highest BCUT2D eigenvalue weighted by Crippen LogP contribution is 2.28. The summed E-state index contributed by atoms with van der Waals surface area (Å²) in [4.78, 5) is 12.7. The zero-order chi connectivity index (χ0) is 13.1. The number of fused-ring (bicyclic) bond motifs is 1. The van der Waals surface area contributed by atoms with Crippen molar-refractivity contribution in [3.05, 3.63) is 54.5 Å². The molecule has 0 saturated carbocycles. The van der Waals surface area contributed by atoms with Gasteiger partial charge in [-0.15, -0.1) is 0 Å². The maximum Gasteiger partial charge on any atom is 0.121 e. The summed E-state index contributed by atoms with van der Waals surface area (Å²) in [5.74, 6) is 0. The van der Waals surface area contributed by atoms with Gasteiger partial charge in [-0.05, 0) is 23.9 Å². The van der Waals surface area contributed by atoms with Crippen molar-refractivity contribution in [2.45, 2.75) is 10.1 Å². The normalized spacial score (nSPS) is 10.3. The molecule has 2 aromatic heterocycles. The van der Waals surface area contributed by atoms with E-state index in [0.717, 1.165) is 15.9 Å². The van der Waals surface area contributed by atoms with Crippen LogP contribution < -0.4 is 0 Å². The van der Waals surface area contributed by atoms with Crippen molar-refractivity contribution in [3.8, 4) is 6.07 Å². The van der Waals surface area contributed by atoms with E-state index >= 15 is 0 Å². The Morgan fingerprint density at radius 1 is 1.16 bits per heavy atom. The van der Waals surface area contributed by atoms with Crippen LogP contribution in [0, 0.1) is 11.3 Å². The molecule has 0 unspecified atom stereocenters. The fraction of sp³-hybridized carbons (Fsp3) is 0. The molecule has 0 amide bonds. The molecule has 19 heavy (non-hydrogen) atoms. The van der Waals surface area contributed by atoms with Crippen LogP contribution in [-0.2, 0) is 0 Å². The molecule has 0 radical (unpaired) electrons. The van der Waals surface area contributed by atoms with Crippen LogP contribution in [0.1, 0.15) is 5.56 Å². The maximum atomic E-state index is 9.22. The van der Waals surface area contributed by atoms with Crippen LogP contribution in [0.4, 0.5) is 0 Å². The first kappa shape index (κ1) is 11.6. The first-order valence-corrected chi connectivity index (χ1v) is 6.42. The second-order valence-electron chi connectivity index (χ2n) is 3.79. The lowest BCUT2D eigenvalue weighted by Gasteiger charge is -2.04. The van der Waals surface area contributed by atoms with Gasteiger partial charge in [0, 0.05) is 17.8 Å². The van der Waals surface area contributed by atoms with Crippen molar-refractivity contribution in [1.82, 2.24) is 15.0 Å². The zero-order valence-electron chi connectivity index (χ0n) is 9.82. The number of nitrogens with zero attached hydrogens (tertiary/aromatic N) is 4. The largest absolute Gasteiger partial charge is 0.260 e.